The van der Waals surface area contributed by atoms with Crippen LogP contribution in [0.1, 0.15) is 12.5 Å². The van der Waals surface area contributed by atoms with Gasteiger partial charge in [-0.2, -0.15) is 0 Å². The van der Waals surface area contributed by atoms with Crippen molar-refractivity contribution in [3.63, 3.8) is 0 Å². The lowest BCUT2D eigenvalue weighted by atomic mass is 10.1. The SMILES string of the molecule is COc1ccc(/C(C)=N/O)c(F)c1. The lowest BCUT2D eigenvalue weighted by Gasteiger charge is -2.03. The van der Waals surface area contributed by atoms with Crippen LogP contribution in [0.5, 0.6) is 5.75 Å². The second-order valence-corrected chi connectivity index (χ2v) is 2.53. The van der Waals surface area contributed by atoms with Crippen molar-refractivity contribution in [2.45, 2.75) is 6.92 Å². The molecule has 1 aromatic carbocycles. The molecule has 70 valence electrons. The Labute approximate surface area is 75.4 Å². The molecular formula is C9H10FNO2. The predicted octanol–water partition coefficient (Wildman–Crippen LogP) is 2.03. The van der Waals surface area contributed by atoms with Gasteiger partial charge in [-0.15, -0.1) is 0 Å². The van der Waals surface area contributed by atoms with Crippen molar-refractivity contribution < 1.29 is 14.3 Å². The van der Waals surface area contributed by atoms with E-state index in [4.69, 9.17) is 9.94 Å². The third-order valence-corrected chi connectivity index (χ3v) is 1.72. The lowest BCUT2D eigenvalue weighted by Crippen LogP contribution is -1.99. The highest BCUT2D eigenvalue weighted by molar-refractivity contribution is 5.98. The van der Waals surface area contributed by atoms with Gasteiger partial charge in [0.15, 0.2) is 0 Å². The topological polar surface area (TPSA) is 41.8 Å². The summed E-state index contributed by atoms with van der Waals surface area (Å²) in [6, 6.07) is 4.35. The molecule has 13 heavy (non-hydrogen) atoms. The van der Waals surface area contributed by atoms with Crippen molar-refractivity contribution in [1.82, 2.24) is 0 Å². The molecule has 1 rings (SSSR count). The van der Waals surface area contributed by atoms with Crippen molar-refractivity contribution in [3.05, 3.63) is 29.6 Å². The zero-order chi connectivity index (χ0) is 9.84. The molecular weight excluding hydrogens is 173 g/mol. The fourth-order valence-corrected chi connectivity index (χ4v) is 0.970. The molecule has 0 bridgehead atoms. The van der Waals surface area contributed by atoms with Crippen molar-refractivity contribution in [1.29, 1.82) is 0 Å². The van der Waals surface area contributed by atoms with E-state index in [9.17, 15) is 4.39 Å². The van der Waals surface area contributed by atoms with Crippen LogP contribution in [0.2, 0.25) is 0 Å². The van der Waals surface area contributed by atoms with Gasteiger partial charge in [-0.05, 0) is 19.1 Å². The van der Waals surface area contributed by atoms with Gasteiger partial charge in [-0.3, -0.25) is 0 Å². The fraction of sp³-hybridized carbons (Fsp3) is 0.222. The number of rotatable bonds is 2. The molecule has 0 spiro atoms. The normalized spacial score (nSPS) is 11.5. The summed E-state index contributed by atoms with van der Waals surface area (Å²) in [7, 11) is 1.46. The van der Waals surface area contributed by atoms with Crippen LogP contribution in [-0.4, -0.2) is 18.0 Å². The quantitative estimate of drug-likeness (QED) is 0.433. The van der Waals surface area contributed by atoms with Crippen LogP contribution < -0.4 is 4.74 Å². The Kier molecular flexibility index (Phi) is 2.84. The third kappa shape index (κ3) is 1.96. The minimum Gasteiger partial charge on any atom is -0.497 e. The molecule has 1 N–H and O–H groups in total. The molecule has 0 unspecified atom stereocenters. The molecule has 0 aliphatic carbocycles. The Hall–Kier alpha value is -1.58. The van der Waals surface area contributed by atoms with Gasteiger partial charge in [0.25, 0.3) is 0 Å². The standard InChI is InChI=1S/C9H10FNO2/c1-6(11-12)8-4-3-7(13-2)5-9(8)10/h3-5,12H,1-2H3/b11-6+. The van der Waals surface area contributed by atoms with E-state index in [0.717, 1.165) is 0 Å². The maximum atomic E-state index is 13.2. The third-order valence-electron chi connectivity index (χ3n) is 1.72. The van der Waals surface area contributed by atoms with Crippen LogP contribution in [-0.2, 0) is 0 Å². The maximum absolute atomic E-state index is 13.2. The average molecular weight is 183 g/mol. The molecule has 1 aromatic rings. The highest BCUT2D eigenvalue weighted by atomic mass is 19.1. The van der Waals surface area contributed by atoms with E-state index in [0.29, 0.717) is 5.75 Å². The van der Waals surface area contributed by atoms with Crippen LogP contribution in [0, 0.1) is 5.82 Å². The number of hydrogen-bond donors (Lipinski definition) is 1. The van der Waals surface area contributed by atoms with Gasteiger partial charge in [-0.1, -0.05) is 5.16 Å². The molecule has 0 radical (unpaired) electrons. The Morgan fingerprint density at radius 1 is 1.54 bits per heavy atom. The summed E-state index contributed by atoms with van der Waals surface area (Å²) >= 11 is 0. The predicted molar refractivity (Wildman–Crippen MR) is 46.9 cm³/mol. The number of nitrogens with zero attached hydrogens (tertiary/aromatic N) is 1. The Balaban J connectivity index is 3.12. The van der Waals surface area contributed by atoms with E-state index in [1.807, 2.05) is 0 Å². The van der Waals surface area contributed by atoms with Crippen molar-refractivity contribution in [2.75, 3.05) is 7.11 Å². The van der Waals surface area contributed by atoms with Crippen molar-refractivity contribution in [3.8, 4) is 5.75 Å². The van der Waals surface area contributed by atoms with Gasteiger partial charge >= 0.3 is 0 Å². The number of oxime groups is 1. The summed E-state index contributed by atoms with van der Waals surface area (Å²) in [6.45, 7) is 1.52. The van der Waals surface area contributed by atoms with Crippen molar-refractivity contribution in [2.24, 2.45) is 5.16 Å². The molecule has 4 heteroatoms. The van der Waals surface area contributed by atoms with Gasteiger partial charge in [0, 0.05) is 11.6 Å². The van der Waals surface area contributed by atoms with Crippen LogP contribution in [0.15, 0.2) is 23.4 Å². The zero-order valence-corrected chi connectivity index (χ0v) is 7.41. The second-order valence-electron chi connectivity index (χ2n) is 2.53. The van der Waals surface area contributed by atoms with Crippen LogP contribution in [0.3, 0.4) is 0 Å². The minimum atomic E-state index is -0.463. The summed E-state index contributed by atoms with van der Waals surface area (Å²) in [4.78, 5) is 0. The van der Waals surface area contributed by atoms with Crippen molar-refractivity contribution >= 4 is 5.71 Å². The first-order valence-electron chi connectivity index (χ1n) is 3.71. The van der Waals surface area contributed by atoms with Gasteiger partial charge < -0.3 is 9.94 Å². The second kappa shape index (κ2) is 3.89. The maximum Gasteiger partial charge on any atom is 0.136 e. The zero-order valence-electron chi connectivity index (χ0n) is 7.41. The first-order valence-corrected chi connectivity index (χ1v) is 3.71. The van der Waals surface area contributed by atoms with E-state index in [-0.39, 0.29) is 11.3 Å². The van der Waals surface area contributed by atoms with E-state index < -0.39 is 5.82 Å². The monoisotopic (exact) mass is 183 g/mol. The molecule has 0 aromatic heterocycles. The van der Waals surface area contributed by atoms with Crippen LogP contribution in [0.25, 0.3) is 0 Å². The number of benzene rings is 1. The van der Waals surface area contributed by atoms with Crippen LogP contribution in [0.4, 0.5) is 4.39 Å². The van der Waals surface area contributed by atoms with E-state index in [2.05, 4.69) is 5.16 Å². The Morgan fingerprint density at radius 3 is 2.69 bits per heavy atom. The molecule has 0 heterocycles. The van der Waals surface area contributed by atoms with Gasteiger partial charge in [0.1, 0.15) is 11.6 Å². The smallest absolute Gasteiger partial charge is 0.136 e. The summed E-state index contributed by atoms with van der Waals surface area (Å²) in [5.74, 6) is -0.0263. The summed E-state index contributed by atoms with van der Waals surface area (Å²) in [6.07, 6.45) is 0. The average Bonchev–Trinajstić information content (AvgIpc) is 2.16. The number of methoxy groups -OCH3 is 1. The summed E-state index contributed by atoms with van der Waals surface area (Å²) < 4.78 is 18.0. The largest absolute Gasteiger partial charge is 0.497 e. The molecule has 0 fully saturated rings. The van der Waals surface area contributed by atoms with E-state index in [1.165, 1.54) is 26.2 Å². The fourth-order valence-electron chi connectivity index (χ4n) is 0.970. The molecule has 0 saturated heterocycles. The minimum absolute atomic E-state index is 0.236. The number of ether oxygens (including phenoxy) is 1. The summed E-state index contributed by atoms with van der Waals surface area (Å²) in [5, 5.41) is 11.3. The Morgan fingerprint density at radius 2 is 2.23 bits per heavy atom. The molecule has 0 aliphatic rings. The highest BCUT2D eigenvalue weighted by Gasteiger charge is 2.06. The first kappa shape index (κ1) is 9.51. The van der Waals surface area contributed by atoms with Crippen LogP contribution >= 0.6 is 0 Å². The van der Waals surface area contributed by atoms with Gasteiger partial charge in [0.2, 0.25) is 0 Å². The Bertz CT molecular complexity index is 336. The summed E-state index contributed by atoms with van der Waals surface area (Å²) in [5.41, 5.74) is 0.503. The van der Waals surface area contributed by atoms with E-state index >= 15 is 0 Å². The molecule has 0 aliphatic heterocycles. The molecule has 0 saturated carbocycles. The number of hydrogen-bond acceptors (Lipinski definition) is 3. The lowest BCUT2D eigenvalue weighted by molar-refractivity contribution is 0.319. The highest BCUT2D eigenvalue weighted by Crippen LogP contribution is 2.16. The van der Waals surface area contributed by atoms with Gasteiger partial charge in [-0.25, -0.2) is 4.39 Å². The molecule has 0 atom stereocenters. The molecule has 0 amide bonds. The number of halogens is 1. The van der Waals surface area contributed by atoms with E-state index in [1.54, 1.807) is 6.07 Å². The molecule has 3 nitrogen and oxygen atoms in total. The first-order chi connectivity index (χ1) is 6.19. The van der Waals surface area contributed by atoms with Gasteiger partial charge in [0.05, 0.1) is 12.8 Å².